The molecule has 0 spiro atoms. The number of carbonyl (C=O) groups is 1. The number of carboxylic acid groups (broad SMARTS) is 1. The van der Waals surface area contributed by atoms with Crippen LogP contribution in [-0.2, 0) is 14.9 Å². The van der Waals surface area contributed by atoms with Crippen molar-refractivity contribution in [3.8, 4) is 0 Å². The van der Waals surface area contributed by atoms with Crippen LogP contribution in [0.1, 0.15) is 5.56 Å². The third kappa shape index (κ3) is 3.19. The summed E-state index contributed by atoms with van der Waals surface area (Å²) in [5.41, 5.74) is 0.382. The minimum Gasteiger partial charge on any atom is -0.477 e. The summed E-state index contributed by atoms with van der Waals surface area (Å²) in [7, 11) is -4.70. The van der Waals surface area contributed by atoms with E-state index >= 15 is 0 Å². The molecule has 80 valence electrons. The van der Waals surface area contributed by atoms with E-state index in [0.29, 0.717) is 5.56 Å². The molecule has 0 atom stereocenters. The molecule has 0 aliphatic rings. The van der Waals surface area contributed by atoms with E-state index in [9.17, 15) is 13.2 Å². The predicted octanol–water partition coefficient (Wildman–Crippen LogP) is 1.000. The third-order valence-corrected chi connectivity index (χ3v) is 2.43. The summed E-state index contributed by atoms with van der Waals surface area (Å²) in [4.78, 5) is 9.50. The zero-order valence-electron chi connectivity index (χ0n) is 7.49. The Balaban J connectivity index is 3.24. The monoisotopic (exact) mass is 228 g/mol. The van der Waals surface area contributed by atoms with Gasteiger partial charge in [-0.3, -0.25) is 4.55 Å². The molecular formula is C9H8O5S. The van der Waals surface area contributed by atoms with Gasteiger partial charge in [0.2, 0.25) is 0 Å². The fourth-order valence-corrected chi connectivity index (χ4v) is 1.45. The van der Waals surface area contributed by atoms with Gasteiger partial charge in [0.15, 0.2) is 4.91 Å². The first-order chi connectivity index (χ1) is 6.91. The molecule has 0 amide bonds. The van der Waals surface area contributed by atoms with Crippen molar-refractivity contribution in [1.82, 2.24) is 0 Å². The van der Waals surface area contributed by atoms with Crippen LogP contribution in [0.3, 0.4) is 0 Å². The predicted molar refractivity (Wildman–Crippen MR) is 53.6 cm³/mol. The maximum Gasteiger partial charge on any atom is 0.349 e. The largest absolute Gasteiger partial charge is 0.477 e. The van der Waals surface area contributed by atoms with Gasteiger partial charge in [0, 0.05) is 0 Å². The molecule has 0 aliphatic carbocycles. The minimum atomic E-state index is -4.70. The SMILES string of the molecule is O=C(O)/C(=C\c1ccccc1)S(=O)(=O)O. The van der Waals surface area contributed by atoms with Crippen LogP contribution in [-0.4, -0.2) is 24.0 Å². The highest BCUT2D eigenvalue weighted by Gasteiger charge is 2.21. The Kier molecular flexibility index (Phi) is 3.23. The normalized spacial score (nSPS) is 12.5. The van der Waals surface area contributed by atoms with E-state index in [2.05, 4.69) is 0 Å². The average molecular weight is 228 g/mol. The van der Waals surface area contributed by atoms with Crippen LogP contribution >= 0.6 is 0 Å². The summed E-state index contributed by atoms with van der Waals surface area (Å²) >= 11 is 0. The number of rotatable bonds is 3. The molecule has 0 saturated carbocycles. The quantitative estimate of drug-likeness (QED) is 0.594. The Labute approximate surface area is 86.4 Å². The van der Waals surface area contributed by atoms with Crippen LogP contribution < -0.4 is 0 Å². The maximum atomic E-state index is 10.7. The van der Waals surface area contributed by atoms with E-state index in [-0.39, 0.29) is 0 Å². The standard InChI is InChI=1S/C9H8O5S/c10-9(11)8(15(12,13)14)6-7-4-2-1-3-5-7/h1-6H,(H,10,11)(H,12,13,14)/b8-6+. The summed E-state index contributed by atoms with van der Waals surface area (Å²) in [6.07, 6.45) is 0.887. The fourth-order valence-electron chi connectivity index (χ4n) is 0.947. The Hall–Kier alpha value is -1.66. The topological polar surface area (TPSA) is 91.7 Å². The first-order valence-electron chi connectivity index (χ1n) is 3.89. The number of benzene rings is 1. The van der Waals surface area contributed by atoms with E-state index < -0.39 is 21.0 Å². The zero-order chi connectivity index (χ0) is 11.5. The highest BCUT2D eigenvalue weighted by Crippen LogP contribution is 2.11. The second-order valence-corrected chi connectivity index (χ2v) is 4.09. The molecule has 0 heterocycles. The minimum absolute atomic E-state index is 0.382. The van der Waals surface area contributed by atoms with Crippen molar-refractivity contribution in [1.29, 1.82) is 0 Å². The van der Waals surface area contributed by atoms with E-state index in [1.54, 1.807) is 18.2 Å². The van der Waals surface area contributed by atoms with Crippen molar-refractivity contribution in [2.45, 2.75) is 0 Å². The Bertz CT molecular complexity index is 486. The number of carboxylic acids is 1. The molecule has 6 heteroatoms. The van der Waals surface area contributed by atoms with Gasteiger partial charge in [0.05, 0.1) is 0 Å². The van der Waals surface area contributed by atoms with Crippen LogP contribution in [0.5, 0.6) is 0 Å². The van der Waals surface area contributed by atoms with Crippen LogP contribution in [0, 0.1) is 0 Å². The van der Waals surface area contributed by atoms with E-state index in [1.165, 1.54) is 12.1 Å². The van der Waals surface area contributed by atoms with E-state index in [1.807, 2.05) is 0 Å². The van der Waals surface area contributed by atoms with Gasteiger partial charge in [-0.05, 0) is 11.6 Å². The van der Waals surface area contributed by atoms with Crippen molar-refractivity contribution in [2.24, 2.45) is 0 Å². The van der Waals surface area contributed by atoms with Crippen molar-refractivity contribution >= 4 is 22.2 Å². The van der Waals surface area contributed by atoms with Gasteiger partial charge in [0.1, 0.15) is 0 Å². The summed E-state index contributed by atoms with van der Waals surface area (Å²) in [6.45, 7) is 0. The lowest BCUT2D eigenvalue weighted by molar-refractivity contribution is -0.131. The Morgan fingerprint density at radius 3 is 2.13 bits per heavy atom. The van der Waals surface area contributed by atoms with Gasteiger partial charge in [-0.15, -0.1) is 0 Å². The third-order valence-electron chi connectivity index (χ3n) is 1.59. The molecule has 0 aliphatic heterocycles. The summed E-state index contributed by atoms with van der Waals surface area (Å²) in [5.74, 6) is -1.69. The molecule has 0 aromatic heterocycles. The number of aliphatic carboxylic acids is 1. The van der Waals surface area contributed by atoms with Crippen molar-refractivity contribution in [2.75, 3.05) is 0 Å². The van der Waals surface area contributed by atoms with Crippen molar-refractivity contribution in [3.63, 3.8) is 0 Å². The molecule has 0 bridgehead atoms. The van der Waals surface area contributed by atoms with Crippen molar-refractivity contribution in [3.05, 3.63) is 40.8 Å². The second kappa shape index (κ2) is 4.24. The molecular weight excluding hydrogens is 220 g/mol. The molecule has 2 N–H and O–H groups in total. The van der Waals surface area contributed by atoms with Crippen LogP contribution in [0.15, 0.2) is 35.2 Å². The molecule has 0 radical (unpaired) electrons. The molecule has 1 aromatic carbocycles. The van der Waals surface area contributed by atoms with Gasteiger partial charge in [-0.1, -0.05) is 30.3 Å². The Morgan fingerprint density at radius 1 is 1.20 bits per heavy atom. The first-order valence-corrected chi connectivity index (χ1v) is 5.33. The van der Waals surface area contributed by atoms with Crippen molar-refractivity contribution < 1.29 is 22.9 Å². The molecule has 15 heavy (non-hydrogen) atoms. The van der Waals surface area contributed by atoms with Gasteiger partial charge in [0.25, 0.3) is 0 Å². The molecule has 5 nitrogen and oxygen atoms in total. The first kappa shape index (κ1) is 11.4. The maximum absolute atomic E-state index is 10.7. The van der Waals surface area contributed by atoms with Gasteiger partial charge >= 0.3 is 16.1 Å². The molecule has 1 rings (SSSR count). The average Bonchev–Trinajstić information content (AvgIpc) is 2.13. The molecule has 0 fully saturated rings. The van der Waals surface area contributed by atoms with Gasteiger partial charge < -0.3 is 5.11 Å². The summed E-state index contributed by atoms with van der Waals surface area (Å²) in [5, 5.41) is 8.56. The summed E-state index contributed by atoms with van der Waals surface area (Å²) < 4.78 is 30.0. The molecule has 0 saturated heterocycles. The second-order valence-electron chi connectivity index (χ2n) is 2.70. The lowest BCUT2D eigenvalue weighted by Crippen LogP contribution is -2.11. The lowest BCUT2D eigenvalue weighted by Gasteiger charge is -1.97. The number of hydrogen-bond donors (Lipinski definition) is 2. The highest BCUT2D eigenvalue weighted by molar-refractivity contribution is 7.91. The molecule has 0 unspecified atom stereocenters. The Morgan fingerprint density at radius 2 is 1.73 bits per heavy atom. The van der Waals surface area contributed by atoms with Gasteiger partial charge in [-0.25, -0.2) is 4.79 Å². The molecule has 1 aromatic rings. The van der Waals surface area contributed by atoms with Gasteiger partial charge in [-0.2, -0.15) is 8.42 Å². The van der Waals surface area contributed by atoms with Crippen LogP contribution in [0.2, 0.25) is 0 Å². The summed E-state index contributed by atoms with van der Waals surface area (Å²) in [6, 6.07) is 7.98. The highest BCUT2D eigenvalue weighted by atomic mass is 32.2. The zero-order valence-corrected chi connectivity index (χ0v) is 8.31. The number of hydrogen-bond acceptors (Lipinski definition) is 3. The van der Waals surface area contributed by atoms with E-state index in [4.69, 9.17) is 9.66 Å². The smallest absolute Gasteiger partial charge is 0.349 e. The van der Waals surface area contributed by atoms with E-state index in [0.717, 1.165) is 6.08 Å². The fraction of sp³-hybridized carbons (Fsp3) is 0. The lowest BCUT2D eigenvalue weighted by atomic mass is 10.2. The van der Waals surface area contributed by atoms with Crippen LogP contribution in [0.4, 0.5) is 0 Å². The van der Waals surface area contributed by atoms with Crippen LogP contribution in [0.25, 0.3) is 6.08 Å².